The van der Waals surface area contributed by atoms with Crippen molar-refractivity contribution in [2.75, 3.05) is 0 Å². The lowest BCUT2D eigenvalue weighted by Gasteiger charge is -2.15. The Bertz CT molecular complexity index is 767. The third-order valence-corrected chi connectivity index (χ3v) is 3.80. The Morgan fingerprint density at radius 1 is 1.43 bits per heavy atom. The average Bonchev–Trinajstić information content (AvgIpc) is 3.24. The van der Waals surface area contributed by atoms with Crippen molar-refractivity contribution in [3.8, 4) is 0 Å². The van der Waals surface area contributed by atoms with Crippen molar-refractivity contribution >= 4 is 11.9 Å². The number of halogens is 1. The van der Waals surface area contributed by atoms with Crippen molar-refractivity contribution in [2.24, 2.45) is 0 Å². The molecule has 1 aromatic carbocycles. The average molecular weight is 318 g/mol. The van der Waals surface area contributed by atoms with Gasteiger partial charge in [0.15, 0.2) is 12.4 Å². The van der Waals surface area contributed by atoms with Crippen LogP contribution in [0.1, 0.15) is 52.2 Å². The molecule has 0 radical (unpaired) electrons. The maximum atomic E-state index is 13.3. The molecule has 1 atom stereocenters. The van der Waals surface area contributed by atoms with Gasteiger partial charge in [0.25, 0.3) is 5.91 Å². The van der Waals surface area contributed by atoms with Crippen molar-refractivity contribution in [1.29, 1.82) is 0 Å². The number of carboxylic acids is 1. The molecule has 1 saturated carbocycles. The van der Waals surface area contributed by atoms with E-state index in [2.05, 4.69) is 10.3 Å². The minimum absolute atomic E-state index is 0.0394. The number of carbonyl (C=O) groups is 2. The Morgan fingerprint density at radius 2 is 2.17 bits per heavy atom. The fraction of sp³-hybridized carbons (Fsp3) is 0.312. The molecule has 2 aromatic rings. The van der Waals surface area contributed by atoms with E-state index in [9.17, 15) is 19.1 Å². The van der Waals surface area contributed by atoms with Gasteiger partial charge in [0.1, 0.15) is 5.82 Å². The van der Waals surface area contributed by atoms with Crippen LogP contribution in [0.2, 0.25) is 0 Å². The summed E-state index contributed by atoms with van der Waals surface area (Å²) in [6, 6.07) is 2.62. The number of nitrogens with one attached hydrogen (secondary N) is 1. The van der Waals surface area contributed by atoms with Crippen LogP contribution >= 0.6 is 0 Å². The maximum Gasteiger partial charge on any atom is 0.330 e. The van der Waals surface area contributed by atoms with Gasteiger partial charge in [-0.2, -0.15) is 0 Å². The highest BCUT2D eigenvalue weighted by Gasteiger charge is 2.33. The molecule has 0 aliphatic heterocycles. The Balaban J connectivity index is 1.84. The van der Waals surface area contributed by atoms with Gasteiger partial charge < -0.3 is 14.8 Å². The molecular formula is C16H15FN2O4. The summed E-state index contributed by atoms with van der Waals surface area (Å²) in [5, 5.41) is 11.8. The number of aryl methyl sites for hydroxylation is 1. The summed E-state index contributed by atoms with van der Waals surface area (Å²) in [7, 11) is 0. The van der Waals surface area contributed by atoms with Gasteiger partial charge in [0.2, 0.25) is 5.76 Å². The summed E-state index contributed by atoms with van der Waals surface area (Å²) in [5.41, 5.74) is 1.15. The van der Waals surface area contributed by atoms with E-state index >= 15 is 0 Å². The Hall–Kier alpha value is -2.70. The lowest BCUT2D eigenvalue weighted by Crippen LogP contribution is -2.34. The predicted octanol–water partition coefficient (Wildman–Crippen LogP) is 2.56. The van der Waals surface area contributed by atoms with Crippen molar-refractivity contribution in [3.05, 3.63) is 53.0 Å². The highest BCUT2D eigenvalue weighted by Crippen LogP contribution is 2.40. The van der Waals surface area contributed by atoms with Crippen LogP contribution in [0.5, 0.6) is 0 Å². The number of rotatable bonds is 5. The first-order valence-corrected chi connectivity index (χ1v) is 7.20. The molecule has 1 fully saturated rings. The molecule has 0 bridgehead atoms. The highest BCUT2D eigenvalue weighted by molar-refractivity contribution is 5.95. The van der Waals surface area contributed by atoms with Gasteiger partial charge in [0, 0.05) is 5.92 Å². The fourth-order valence-electron chi connectivity index (χ4n) is 2.40. The van der Waals surface area contributed by atoms with Crippen molar-refractivity contribution in [2.45, 2.75) is 31.7 Å². The molecule has 23 heavy (non-hydrogen) atoms. The van der Waals surface area contributed by atoms with E-state index in [1.807, 2.05) is 0 Å². The molecule has 1 aromatic heterocycles. The van der Waals surface area contributed by atoms with Crippen LogP contribution < -0.4 is 5.32 Å². The third kappa shape index (κ3) is 3.08. The molecule has 7 heteroatoms. The number of hydrogen-bond acceptors (Lipinski definition) is 4. The molecule has 1 aliphatic rings. The zero-order chi connectivity index (χ0) is 16.6. The first kappa shape index (κ1) is 15.2. The molecule has 120 valence electrons. The Kier molecular flexibility index (Phi) is 3.85. The Morgan fingerprint density at radius 3 is 2.78 bits per heavy atom. The van der Waals surface area contributed by atoms with Gasteiger partial charge in [-0.3, -0.25) is 4.79 Å². The number of nitrogens with zero attached hydrogens (tertiary/aromatic N) is 1. The van der Waals surface area contributed by atoms with Gasteiger partial charge in [-0.1, -0.05) is 12.1 Å². The minimum atomic E-state index is -1.29. The van der Waals surface area contributed by atoms with Crippen molar-refractivity contribution < 1.29 is 23.5 Å². The smallest absolute Gasteiger partial charge is 0.330 e. The lowest BCUT2D eigenvalue weighted by molar-refractivity contribution is -0.139. The number of benzene rings is 1. The van der Waals surface area contributed by atoms with Crippen LogP contribution in [0.25, 0.3) is 0 Å². The van der Waals surface area contributed by atoms with Gasteiger partial charge in [-0.15, -0.1) is 0 Å². The molecule has 1 unspecified atom stereocenters. The normalized spacial score (nSPS) is 15.2. The van der Waals surface area contributed by atoms with Crippen LogP contribution in [0.15, 0.2) is 29.0 Å². The highest BCUT2D eigenvalue weighted by atomic mass is 19.1. The van der Waals surface area contributed by atoms with Crippen molar-refractivity contribution in [1.82, 2.24) is 10.3 Å². The molecular weight excluding hydrogens is 303 g/mol. The standard InChI is InChI=1S/C16H15FN2O4/c1-8-6-10(4-5-11(8)17)13(16(21)22)19-15(20)14-12(9-2-3-9)18-7-23-14/h4-7,9,13H,2-3H2,1H3,(H,19,20)(H,21,22). The minimum Gasteiger partial charge on any atom is -0.479 e. The second-order valence-electron chi connectivity index (χ2n) is 5.59. The molecule has 1 aliphatic carbocycles. The number of hydrogen-bond donors (Lipinski definition) is 2. The summed E-state index contributed by atoms with van der Waals surface area (Å²) in [6.45, 7) is 1.53. The largest absolute Gasteiger partial charge is 0.479 e. The van der Waals surface area contributed by atoms with E-state index in [-0.39, 0.29) is 17.2 Å². The van der Waals surface area contributed by atoms with E-state index in [0.717, 1.165) is 12.8 Å². The van der Waals surface area contributed by atoms with Gasteiger partial charge >= 0.3 is 5.97 Å². The number of carboxylic acid groups (broad SMARTS) is 1. The Labute approximate surface area is 131 Å². The van der Waals surface area contributed by atoms with Crippen LogP contribution in [0.4, 0.5) is 4.39 Å². The van der Waals surface area contributed by atoms with Crippen LogP contribution in [0, 0.1) is 12.7 Å². The summed E-state index contributed by atoms with van der Waals surface area (Å²) in [6.07, 6.45) is 3.05. The van der Waals surface area contributed by atoms with E-state index in [0.29, 0.717) is 11.3 Å². The van der Waals surface area contributed by atoms with Gasteiger partial charge in [-0.05, 0) is 37.0 Å². The number of aromatic nitrogens is 1. The predicted molar refractivity (Wildman–Crippen MR) is 77.5 cm³/mol. The number of aliphatic carboxylic acids is 1. The molecule has 3 rings (SSSR count). The van der Waals surface area contributed by atoms with Crippen LogP contribution in [-0.4, -0.2) is 22.0 Å². The van der Waals surface area contributed by atoms with Crippen LogP contribution in [-0.2, 0) is 4.79 Å². The molecule has 2 N–H and O–H groups in total. The van der Waals surface area contributed by atoms with Crippen LogP contribution in [0.3, 0.4) is 0 Å². The molecule has 0 spiro atoms. The number of oxazole rings is 1. The first-order chi connectivity index (χ1) is 11.0. The fourth-order valence-corrected chi connectivity index (χ4v) is 2.40. The topological polar surface area (TPSA) is 92.4 Å². The maximum absolute atomic E-state index is 13.3. The third-order valence-electron chi connectivity index (χ3n) is 3.80. The number of amides is 1. The number of carbonyl (C=O) groups excluding carboxylic acids is 1. The molecule has 0 saturated heterocycles. The summed E-state index contributed by atoms with van der Waals surface area (Å²) in [5.74, 6) is -2.07. The molecule has 1 heterocycles. The summed E-state index contributed by atoms with van der Waals surface area (Å²) in [4.78, 5) is 27.8. The van der Waals surface area contributed by atoms with E-state index in [1.165, 1.54) is 31.5 Å². The summed E-state index contributed by atoms with van der Waals surface area (Å²) >= 11 is 0. The SMILES string of the molecule is Cc1cc(C(NC(=O)c2ocnc2C2CC2)C(=O)O)ccc1F. The second kappa shape index (κ2) is 5.83. The van der Waals surface area contributed by atoms with E-state index in [4.69, 9.17) is 4.42 Å². The van der Waals surface area contributed by atoms with Crippen molar-refractivity contribution in [3.63, 3.8) is 0 Å². The first-order valence-electron chi connectivity index (χ1n) is 7.20. The van der Waals surface area contributed by atoms with Gasteiger partial charge in [-0.25, -0.2) is 14.2 Å². The van der Waals surface area contributed by atoms with Gasteiger partial charge in [0.05, 0.1) is 5.69 Å². The molecule has 1 amide bonds. The summed E-state index contributed by atoms with van der Waals surface area (Å²) < 4.78 is 18.5. The zero-order valence-electron chi connectivity index (χ0n) is 12.4. The van der Waals surface area contributed by atoms with E-state index < -0.39 is 23.7 Å². The molecule has 6 nitrogen and oxygen atoms in total. The monoisotopic (exact) mass is 318 g/mol. The second-order valence-corrected chi connectivity index (χ2v) is 5.59. The quantitative estimate of drug-likeness (QED) is 0.884. The lowest BCUT2D eigenvalue weighted by atomic mass is 10.0. The van der Waals surface area contributed by atoms with E-state index in [1.54, 1.807) is 0 Å². The zero-order valence-corrected chi connectivity index (χ0v) is 12.4.